The van der Waals surface area contributed by atoms with Gasteiger partial charge in [-0.25, -0.2) is 4.79 Å². The van der Waals surface area contributed by atoms with Crippen molar-refractivity contribution in [1.82, 2.24) is 10.2 Å². The van der Waals surface area contributed by atoms with Gasteiger partial charge in [-0.2, -0.15) is 18.3 Å². The zero-order chi connectivity index (χ0) is 11.6. The molecule has 1 N–H and O–H groups in total. The van der Waals surface area contributed by atoms with Gasteiger partial charge in [-0.05, 0) is 22.9 Å². The maximum atomic E-state index is 12.3. The fourth-order valence-corrected chi connectivity index (χ4v) is 1.41. The molecule has 0 fully saturated rings. The van der Waals surface area contributed by atoms with Gasteiger partial charge < -0.3 is 4.74 Å². The van der Waals surface area contributed by atoms with Crippen molar-refractivity contribution in [2.45, 2.75) is 13.1 Å². The molecule has 0 aliphatic heterocycles. The van der Waals surface area contributed by atoms with E-state index < -0.39 is 28.0 Å². The maximum Gasteiger partial charge on any atom is 0.433 e. The molecule has 1 heterocycles. The Morgan fingerprint density at radius 2 is 2.20 bits per heavy atom. The van der Waals surface area contributed by atoms with Crippen molar-refractivity contribution >= 4 is 21.9 Å². The van der Waals surface area contributed by atoms with Gasteiger partial charge in [0, 0.05) is 0 Å². The fraction of sp³-hybridized carbons (Fsp3) is 0.429. The van der Waals surface area contributed by atoms with Crippen molar-refractivity contribution in [1.29, 1.82) is 0 Å². The van der Waals surface area contributed by atoms with Crippen molar-refractivity contribution in [2.24, 2.45) is 0 Å². The van der Waals surface area contributed by atoms with Gasteiger partial charge >= 0.3 is 12.1 Å². The molecule has 0 spiro atoms. The molecule has 0 saturated heterocycles. The van der Waals surface area contributed by atoms with Gasteiger partial charge in [-0.1, -0.05) is 0 Å². The number of rotatable bonds is 2. The van der Waals surface area contributed by atoms with Crippen LogP contribution < -0.4 is 0 Å². The first-order valence-electron chi connectivity index (χ1n) is 3.86. The van der Waals surface area contributed by atoms with Crippen molar-refractivity contribution in [3.05, 3.63) is 15.9 Å². The number of H-pyrrole nitrogens is 1. The first-order valence-corrected chi connectivity index (χ1v) is 4.65. The molecule has 0 aliphatic carbocycles. The average Bonchev–Trinajstić information content (AvgIpc) is 2.46. The van der Waals surface area contributed by atoms with E-state index in [0.717, 1.165) is 0 Å². The first kappa shape index (κ1) is 12.0. The summed E-state index contributed by atoms with van der Waals surface area (Å²) >= 11 is 2.64. The lowest BCUT2D eigenvalue weighted by Gasteiger charge is -2.02. The molecular weight excluding hydrogens is 281 g/mol. The molecule has 0 saturated carbocycles. The van der Waals surface area contributed by atoms with Crippen LogP contribution in [0.3, 0.4) is 0 Å². The van der Waals surface area contributed by atoms with Crippen LogP contribution in [0.4, 0.5) is 13.2 Å². The van der Waals surface area contributed by atoms with Crippen LogP contribution in [0.5, 0.6) is 0 Å². The summed E-state index contributed by atoms with van der Waals surface area (Å²) in [7, 11) is 0. The molecule has 0 aromatic carbocycles. The number of hydrogen-bond donors (Lipinski definition) is 1. The van der Waals surface area contributed by atoms with E-state index in [4.69, 9.17) is 0 Å². The highest BCUT2D eigenvalue weighted by Gasteiger charge is 2.38. The van der Waals surface area contributed by atoms with Crippen molar-refractivity contribution < 1.29 is 22.7 Å². The Bertz CT molecular complexity index is 375. The van der Waals surface area contributed by atoms with Gasteiger partial charge in [0.2, 0.25) is 0 Å². The Kier molecular flexibility index (Phi) is 3.38. The number of carbonyl (C=O) groups is 1. The zero-order valence-electron chi connectivity index (χ0n) is 7.48. The Balaban J connectivity index is 3.04. The number of nitrogens with one attached hydrogen (secondary N) is 1. The third-order valence-electron chi connectivity index (χ3n) is 1.46. The summed E-state index contributed by atoms with van der Waals surface area (Å²) in [5, 5.41) is 4.96. The summed E-state index contributed by atoms with van der Waals surface area (Å²) in [4.78, 5) is 11.1. The van der Waals surface area contributed by atoms with Crippen molar-refractivity contribution in [3.8, 4) is 0 Å². The van der Waals surface area contributed by atoms with Gasteiger partial charge in [0.15, 0.2) is 11.4 Å². The summed E-state index contributed by atoms with van der Waals surface area (Å²) < 4.78 is 40.9. The topological polar surface area (TPSA) is 55.0 Å². The highest BCUT2D eigenvalue weighted by Crippen LogP contribution is 2.34. The highest BCUT2D eigenvalue weighted by atomic mass is 79.9. The SMILES string of the molecule is CCOC(=O)c1n[nH]c(C(F)(F)F)c1Br. The maximum absolute atomic E-state index is 12.3. The molecule has 0 unspecified atom stereocenters. The van der Waals surface area contributed by atoms with Crippen LogP contribution in [0.25, 0.3) is 0 Å². The van der Waals surface area contributed by atoms with E-state index >= 15 is 0 Å². The van der Waals surface area contributed by atoms with Gasteiger partial charge in [-0.15, -0.1) is 0 Å². The third kappa shape index (κ3) is 2.49. The van der Waals surface area contributed by atoms with Crippen molar-refractivity contribution in [3.63, 3.8) is 0 Å². The largest absolute Gasteiger partial charge is 0.461 e. The molecule has 0 atom stereocenters. The predicted octanol–water partition coefficient (Wildman–Crippen LogP) is 2.37. The number of aromatic amines is 1. The summed E-state index contributed by atoms with van der Waals surface area (Å²) in [6.45, 7) is 1.61. The van der Waals surface area contributed by atoms with Crippen LogP contribution in [0.2, 0.25) is 0 Å². The number of ether oxygens (including phenoxy) is 1. The monoisotopic (exact) mass is 286 g/mol. The smallest absolute Gasteiger partial charge is 0.433 e. The minimum Gasteiger partial charge on any atom is -0.461 e. The molecule has 0 bridgehead atoms. The Hall–Kier alpha value is -1.05. The number of alkyl halides is 3. The molecule has 4 nitrogen and oxygen atoms in total. The minimum atomic E-state index is -4.59. The number of carbonyl (C=O) groups excluding carboxylic acids is 1. The number of aromatic nitrogens is 2. The van der Waals surface area contributed by atoms with Gasteiger partial charge in [-0.3, -0.25) is 5.10 Å². The molecule has 84 valence electrons. The van der Waals surface area contributed by atoms with E-state index in [1.807, 2.05) is 0 Å². The van der Waals surface area contributed by atoms with E-state index in [-0.39, 0.29) is 6.61 Å². The zero-order valence-corrected chi connectivity index (χ0v) is 9.07. The lowest BCUT2D eigenvalue weighted by atomic mass is 10.3. The quantitative estimate of drug-likeness (QED) is 0.849. The molecule has 1 aromatic rings. The summed E-state index contributed by atoms with van der Waals surface area (Å²) in [6, 6.07) is 0. The van der Waals surface area contributed by atoms with E-state index in [1.54, 1.807) is 12.0 Å². The second-order valence-electron chi connectivity index (χ2n) is 2.48. The summed E-state index contributed by atoms with van der Waals surface area (Å²) in [5.41, 5.74) is -1.52. The number of esters is 1. The first-order chi connectivity index (χ1) is 6.88. The molecule has 0 amide bonds. The normalized spacial score (nSPS) is 11.5. The minimum absolute atomic E-state index is 0.0689. The molecule has 15 heavy (non-hydrogen) atoms. The predicted molar refractivity (Wildman–Crippen MR) is 47.2 cm³/mol. The lowest BCUT2D eigenvalue weighted by molar-refractivity contribution is -0.141. The molecular formula is C7H6BrF3N2O2. The summed E-state index contributed by atoms with van der Waals surface area (Å²) in [5.74, 6) is -0.906. The Labute approximate surface area is 90.9 Å². The Morgan fingerprint density at radius 1 is 1.60 bits per heavy atom. The van der Waals surface area contributed by atoms with Crippen LogP contribution in [0.15, 0.2) is 4.47 Å². The van der Waals surface area contributed by atoms with E-state index in [2.05, 4.69) is 25.8 Å². The Morgan fingerprint density at radius 3 is 2.60 bits per heavy atom. The molecule has 1 rings (SSSR count). The second kappa shape index (κ2) is 4.21. The van der Waals surface area contributed by atoms with E-state index in [9.17, 15) is 18.0 Å². The number of halogens is 4. The van der Waals surface area contributed by atoms with Gasteiger partial charge in [0.1, 0.15) is 0 Å². The van der Waals surface area contributed by atoms with Gasteiger partial charge in [0.25, 0.3) is 0 Å². The molecule has 0 aliphatic rings. The molecule has 8 heteroatoms. The summed E-state index contributed by atoms with van der Waals surface area (Å²) in [6.07, 6.45) is -4.59. The molecule has 1 aromatic heterocycles. The fourth-order valence-electron chi connectivity index (χ4n) is 0.851. The van der Waals surface area contributed by atoms with Crippen LogP contribution in [-0.2, 0) is 10.9 Å². The van der Waals surface area contributed by atoms with Crippen LogP contribution >= 0.6 is 15.9 Å². The van der Waals surface area contributed by atoms with E-state index in [0.29, 0.717) is 0 Å². The van der Waals surface area contributed by atoms with Crippen molar-refractivity contribution in [2.75, 3.05) is 6.61 Å². The molecule has 0 radical (unpaired) electrons. The number of nitrogens with zero attached hydrogens (tertiary/aromatic N) is 1. The second-order valence-corrected chi connectivity index (χ2v) is 3.27. The average molecular weight is 287 g/mol. The van der Waals surface area contributed by atoms with Crippen LogP contribution in [0.1, 0.15) is 23.1 Å². The lowest BCUT2D eigenvalue weighted by Crippen LogP contribution is -2.08. The van der Waals surface area contributed by atoms with Crippen LogP contribution in [0, 0.1) is 0 Å². The number of hydrogen-bond acceptors (Lipinski definition) is 3. The highest BCUT2D eigenvalue weighted by molar-refractivity contribution is 9.10. The van der Waals surface area contributed by atoms with Crippen LogP contribution in [-0.4, -0.2) is 22.8 Å². The third-order valence-corrected chi connectivity index (χ3v) is 2.23. The van der Waals surface area contributed by atoms with Gasteiger partial charge in [0.05, 0.1) is 11.1 Å². The standard InChI is InChI=1S/C7H6BrF3N2O2/c1-2-15-6(14)4-3(8)5(13-12-4)7(9,10)11/h2H2,1H3,(H,12,13). The van der Waals surface area contributed by atoms with E-state index in [1.165, 1.54) is 0 Å².